The van der Waals surface area contributed by atoms with Gasteiger partial charge in [0, 0.05) is 52.7 Å². The lowest BCUT2D eigenvalue weighted by atomic mass is 10.1. The molecule has 0 aliphatic carbocycles. The van der Waals surface area contributed by atoms with Gasteiger partial charge in [0.05, 0.1) is 0 Å². The second-order valence-electron chi connectivity index (χ2n) is 5.73. The summed E-state index contributed by atoms with van der Waals surface area (Å²) in [7, 11) is 8.24. The van der Waals surface area contributed by atoms with E-state index < -0.39 is 0 Å². The smallest absolute Gasteiger partial charge is 0.0361 e. The minimum atomic E-state index is 0.892. The van der Waals surface area contributed by atoms with Gasteiger partial charge in [-0.05, 0) is 35.4 Å². The number of nitrogens with zero attached hydrogens (tertiary/aromatic N) is 2. The van der Waals surface area contributed by atoms with Crippen molar-refractivity contribution in [3.05, 3.63) is 59.7 Å². The van der Waals surface area contributed by atoms with Crippen LogP contribution in [0.3, 0.4) is 0 Å². The van der Waals surface area contributed by atoms with Crippen LogP contribution in [-0.2, 0) is 13.1 Å². The minimum Gasteiger partial charge on any atom is -0.378 e. The Kier molecular flexibility index (Phi) is 5.23. The van der Waals surface area contributed by atoms with Gasteiger partial charge in [-0.3, -0.25) is 0 Å². The second-order valence-corrected chi connectivity index (χ2v) is 5.73. The van der Waals surface area contributed by atoms with Gasteiger partial charge in [0.15, 0.2) is 0 Å². The molecule has 0 aliphatic heterocycles. The van der Waals surface area contributed by atoms with Crippen molar-refractivity contribution in [3.8, 4) is 0 Å². The summed E-state index contributed by atoms with van der Waals surface area (Å²) in [6.45, 7) is 1.78. The molecule has 0 saturated heterocycles. The zero-order chi connectivity index (χ0) is 15.2. The highest BCUT2D eigenvalue weighted by atomic mass is 15.1. The Labute approximate surface area is 128 Å². The monoisotopic (exact) mass is 283 g/mol. The largest absolute Gasteiger partial charge is 0.378 e. The summed E-state index contributed by atoms with van der Waals surface area (Å²) in [6.07, 6.45) is 0. The van der Waals surface area contributed by atoms with Crippen molar-refractivity contribution < 1.29 is 0 Å². The number of benzene rings is 2. The summed E-state index contributed by atoms with van der Waals surface area (Å²) >= 11 is 0. The molecule has 0 aliphatic rings. The number of rotatable bonds is 6. The fraction of sp³-hybridized carbons (Fsp3) is 0.333. The summed E-state index contributed by atoms with van der Waals surface area (Å²) in [5, 5.41) is 3.49. The van der Waals surface area contributed by atoms with Crippen molar-refractivity contribution in [2.75, 3.05) is 38.0 Å². The molecule has 3 nitrogen and oxygen atoms in total. The van der Waals surface area contributed by atoms with Gasteiger partial charge in [0.25, 0.3) is 0 Å². The Bertz CT molecular complexity index is 490. The third-order valence-corrected chi connectivity index (χ3v) is 3.56. The normalized spacial score (nSPS) is 10.5. The molecule has 0 spiro atoms. The zero-order valence-electron chi connectivity index (χ0n) is 13.4. The van der Waals surface area contributed by atoms with E-state index in [-0.39, 0.29) is 0 Å². The van der Waals surface area contributed by atoms with Crippen molar-refractivity contribution in [1.82, 2.24) is 5.32 Å². The highest BCUT2D eigenvalue weighted by Crippen LogP contribution is 2.13. The van der Waals surface area contributed by atoms with Gasteiger partial charge in [-0.1, -0.05) is 24.3 Å². The summed E-state index contributed by atoms with van der Waals surface area (Å²) < 4.78 is 0. The summed E-state index contributed by atoms with van der Waals surface area (Å²) in [5.74, 6) is 0. The highest BCUT2D eigenvalue weighted by Gasteiger charge is 1.98. The molecule has 0 atom stereocenters. The average Bonchev–Trinajstić information content (AvgIpc) is 2.48. The molecular weight excluding hydrogens is 258 g/mol. The van der Waals surface area contributed by atoms with E-state index in [1.807, 2.05) is 0 Å². The van der Waals surface area contributed by atoms with E-state index in [4.69, 9.17) is 0 Å². The first-order chi connectivity index (χ1) is 10.1. The van der Waals surface area contributed by atoms with Crippen LogP contribution in [0.15, 0.2) is 48.5 Å². The maximum absolute atomic E-state index is 3.49. The number of anilines is 2. The van der Waals surface area contributed by atoms with E-state index in [9.17, 15) is 0 Å². The van der Waals surface area contributed by atoms with Gasteiger partial charge < -0.3 is 15.1 Å². The minimum absolute atomic E-state index is 0.892. The molecular formula is C18H25N3. The van der Waals surface area contributed by atoms with E-state index in [0.717, 1.165) is 13.1 Å². The lowest BCUT2D eigenvalue weighted by Gasteiger charge is -2.14. The molecule has 112 valence electrons. The van der Waals surface area contributed by atoms with Crippen LogP contribution in [-0.4, -0.2) is 28.2 Å². The van der Waals surface area contributed by atoms with Crippen LogP contribution >= 0.6 is 0 Å². The molecule has 3 heteroatoms. The fourth-order valence-corrected chi connectivity index (χ4v) is 2.18. The number of hydrogen-bond donors (Lipinski definition) is 1. The summed E-state index contributed by atoms with van der Waals surface area (Å²) in [4.78, 5) is 4.23. The van der Waals surface area contributed by atoms with Crippen LogP contribution < -0.4 is 15.1 Å². The predicted molar refractivity (Wildman–Crippen MR) is 92.1 cm³/mol. The van der Waals surface area contributed by atoms with Crippen molar-refractivity contribution in [1.29, 1.82) is 0 Å². The van der Waals surface area contributed by atoms with Crippen LogP contribution in [0.1, 0.15) is 11.1 Å². The third-order valence-electron chi connectivity index (χ3n) is 3.56. The Morgan fingerprint density at radius 1 is 0.619 bits per heavy atom. The molecule has 0 saturated carbocycles. The fourth-order valence-electron chi connectivity index (χ4n) is 2.18. The molecule has 21 heavy (non-hydrogen) atoms. The molecule has 0 unspecified atom stereocenters. The summed E-state index contributed by atoms with van der Waals surface area (Å²) in [5.41, 5.74) is 5.09. The standard InChI is InChI=1S/C18H25N3/c1-20(2)17-9-5-15(6-10-17)13-19-14-16-7-11-18(12-8-16)21(3)4/h5-12,19H,13-14H2,1-4H3. The second kappa shape index (κ2) is 7.14. The zero-order valence-corrected chi connectivity index (χ0v) is 13.4. The first-order valence-corrected chi connectivity index (χ1v) is 7.29. The quantitative estimate of drug-likeness (QED) is 0.879. The van der Waals surface area contributed by atoms with Crippen LogP contribution in [0.5, 0.6) is 0 Å². The molecule has 2 rings (SSSR count). The summed E-state index contributed by atoms with van der Waals surface area (Å²) in [6, 6.07) is 17.3. The van der Waals surface area contributed by atoms with E-state index in [1.54, 1.807) is 0 Å². The van der Waals surface area contributed by atoms with Crippen LogP contribution in [0.25, 0.3) is 0 Å². The Morgan fingerprint density at radius 2 is 0.952 bits per heavy atom. The van der Waals surface area contributed by atoms with E-state index >= 15 is 0 Å². The van der Waals surface area contributed by atoms with Gasteiger partial charge in [0.2, 0.25) is 0 Å². The highest BCUT2D eigenvalue weighted by molar-refractivity contribution is 5.46. The number of hydrogen-bond acceptors (Lipinski definition) is 3. The SMILES string of the molecule is CN(C)c1ccc(CNCc2ccc(N(C)C)cc2)cc1. The topological polar surface area (TPSA) is 18.5 Å². The molecule has 2 aromatic carbocycles. The van der Waals surface area contributed by atoms with Gasteiger partial charge >= 0.3 is 0 Å². The van der Waals surface area contributed by atoms with Crippen molar-refractivity contribution >= 4 is 11.4 Å². The molecule has 2 aromatic rings. The van der Waals surface area contributed by atoms with Crippen molar-refractivity contribution in [2.24, 2.45) is 0 Å². The lowest BCUT2D eigenvalue weighted by molar-refractivity contribution is 0.693. The van der Waals surface area contributed by atoms with Crippen molar-refractivity contribution in [3.63, 3.8) is 0 Å². The Hall–Kier alpha value is -2.00. The van der Waals surface area contributed by atoms with Gasteiger partial charge in [0.1, 0.15) is 0 Å². The molecule has 0 amide bonds. The molecule has 0 radical (unpaired) electrons. The average molecular weight is 283 g/mol. The molecule has 0 aromatic heterocycles. The number of nitrogens with one attached hydrogen (secondary N) is 1. The first-order valence-electron chi connectivity index (χ1n) is 7.29. The van der Waals surface area contributed by atoms with E-state index in [2.05, 4.69) is 91.8 Å². The third kappa shape index (κ3) is 4.50. The molecule has 1 N–H and O–H groups in total. The van der Waals surface area contributed by atoms with Gasteiger partial charge in [-0.2, -0.15) is 0 Å². The maximum atomic E-state index is 3.49. The molecule has 0 fully saturated rings. The maximum Gasteiger partial charge on any atom is 0.0361 e. The van der Waals surface area contributed by atoms with E-state index in [1.165, 1.54) is 22.5 Å². The first kappa shape index (κ1) is 15.4. The molecule has 0 heterocycles. The van der Waals surface area contributed by atoms with Crippen molar-refractivity contribution in [2.45, 2.75) is 13.1 Å². The van der Waals surface area contributed by atoms with Crippen LogP contribution in [0, 0.1) is 0 Å². The van der Waals surface area contributed by atoms with Crippen LogP contribution in [0.2, 0.25) is 0 Å². The Balaban J connectivity index is 1.83. The lowest BCUT2D eigenvalue weighted by Crippen LogP contribution is -2.13. The predicted octanol–water partition coefficient (Wildman–Crippen LogP) is 3.11. The van der Waals surface area contributed by atoms with Gasteiger partial charge in [-0.15, -0.1) is 0 Å². The van der Waals surface area contributed by atoms with E-state index in [0.29, 0.717) is 0 Å². The Morgan fingerprint density at radius 3 is 1.24 bits per heavy atom. The van der Waals surface area contributed by atoms with Gasteiger partial charge in [-0.25, -0.2) is 0 Å². The molecule has 0 bridgehead atoms. The van der Waals surface area contributed by atoms with Crippen LogP contribution in [0.4, 0.5) is 11.4 Å².